The van der Waals surface area contributed by atoms with Crippen LogP contribution in [0.2, 0.25) is 0 Å². The predicted molar refractivity (Wildman–Crippen MR) is 484 cm³/mol. The van der Waals surface area contributed by atoms with Gasteiger partial charge in [-0.15, -0.1) is 11.8 Å². The van der Waals surface area contributed by atoms with Crippen LogP contribution in [0.5, 0.6) is 0 Å². The molecule has 3 N–H and O–H groups in total. The molecule has 1 aromatic rings. The Labute approximate surface area is 700 Å². The van der Waals surface area contributed by atoms with E-state index in [4.69, 9.17) is 55.6 Å². The molecule has 0 saturated heterocycles. The SMILES string of the molecule is C=C(F)C(=O)CC(C)(C)C.CC(C)(C)CC(=S)CC(C)(CO)CO.CC(C)(C)CC1=NC(C)(C)CO1.CC(C)(C)CC1=NC(C)(C)CS1.CC(C)(C)CC1=NC(C)(CO)CO1.CC(C)(C)c1ccc(CCCCS(C)(=O)=O)o1.COCC(=O)CC/C=C/C(C)(C)C.C[C@@H]1COC(CC(C)(C)C)=N1.C[C@H]1COC(CC(C)(C)C)=N1. The number of hydrogen-bond acceptors (Lipinski definition) is 20. The number of Topliss-reactive ketones (excluding diaryl/α,β-unsaturated/α-hetero) is 2. The largest absolute Gasteiger partial charge is 0.479 e. The molecule has 1 unspecified atom stereocenters. The summed E-state index contributed by atoms with van der Waals surface area (Å²) in [5.74, 6) is 5.76. The van der Waals surface area contributed by atoms with Crippen LogP contribution in [0.15, 0.2) is 66.1 Å². The van der Waals surface area contributed by atoms with Gasteiger partial charge in [0.25, 0.3) is 0 Å². The van der Waals surface area contributed by atoms with Gasteiger partial charge in [-0.25, -0.2) is 32.8 Å². The Kier molecular flexibility index (Phi) is 49.4. The lowest BCUT2D eigenvalue weighted by atomic mass is 9.82. The first-order valence-corrected chi connectivity index (χ1v) is 44.2. The van der Waals surface area contributed by atoms with Crippen LogP contribution in [0.4, 0.5) is 4.39 Å². The number of ether oxygens (including phenoxy) is 5. The fourth-order valence-corrected chi connectivity index (χ4v) is 13.1. The molecule has 0 fully saturated rings. The molecular weight excluding hydrogens is 1490 g/mol. The highest BCUT2D eigenvalue weighted by molar-refractivity contribution is 8.14. The first-order valence-electron chi connectivity index (χ1n) is 40.8. The summed E-state index contributed by atoms with van der Waals surface area (Å²) in [5.41, 5.74) is 1.05. The molecular formula is C91H168FN5O13S3. The van der Waals surface area contributed by atoms with E-state index in [1.165, 1.54) is 11.3 Å². The van der Waals surface area contributed by atoms with Crippen LogP contribution in [0, 0.1) is 48.7 Å². The van der Waals surface area contributed by atoms with Gasteiger partial charge in [-0.1, -0.05) is 225 Å². The molecule has 0 bridgehead atoms. The van der Waals surface area contributed by atoms with Gasteiger partial charge in [-0.3, -0.25) is 14.6 Å². The molecule has 660 valence electrons. The van der Waals surface area contributed by atoms with Crippen LogP contribution in [0.25, 0.3) is 0 Å². The van der Waals surface area contributed by atoms with Gasteiger partial charge >= 0.3 is 0 Å². The molecule has 5 aliphatic heterocycles. The monoisotopic (exact) mass is 1650 g/mol. The summed E-state index contributed by atoms with van der Waals surface area (Å²) in [5, 5.41) is 28.6. The highest BCUT2D eigenvalue weighted by atomic mass is 32.2. The molecule has 0 radical (unpaired) electrons. The molecule has 0 saturated carbocycles. The summed E-state index contributed by atoms with van der Waals surface area (Å²) >= 11 is 7.19. The normalized spacial score (nSPS) is 18.8. The summed E-state index contributed by atoms with van der Waals surface area (Å²) in [6.07, 6.45) is 15.7. The number of rotatable bonds is 23. The van der Waals surface area contributed by atoms with Crippen molar-refractivity contribution in [2.24, 2.45) is 73.7 Å². The van der Waals surface area contributed by atoms with E-state index < -0.39 is 32.4 Å². The number of furan rings is 1. The van der Waals surface area contributed by atoms with E-state index in [0.717, 1.165) is 123 Å². The minimum atomic E-state index is -2.83. The van der Waals surface area contributed by atoms with E-state index in [0.29, 0.717) is 54.2 Å². The second-order valence-electron chi connectivity index (χ2n) is 43.7. The number of nitrogens with zero attached hydrogens (tertiary/aromatic N) is 5. The number of halogens is 1. The Morgan fingerprint density at radius 2 is 1.05 bits per heavy atom. The first kappa shape index (κ1) is 113. The molecule has 0 spiro atoms. The quantitative estimate of drug-likeness (QED) is 0.0399. The summed E-state index contributed by atoms with van der Waals surface area (Å²) in [7, 11) is -1.28. The van der Waals surface area contributed by atoms with Crippen molar-refractivity contribution in [1.82, 2.24) is 0 Å². The third-order valence-electron chi connectivity index (χ3n) is 15.7. The minimum Gasteiger partial charge on any atom is -0.479 e. The van der Waals surface area contributed by atoms with Crippen molar-refractivity contribution < 1.29 is 65.8 Å². The number of aliphatic hydroxyl groups is 3. The molecule has 0 aliphatic carbocycles. The summed E-state index contributed by atoms with van der Waals surface area (Å²) in [6.45, 7) is 80.3. The molecule has 18 nitrogen and oxygen atoms in total. The maximum Gasteiger partial charge on any atom is 0.191 e. The van der Waals surface area contributed by atoms with Gasteiger partial charge in [-0.2, -0.15) is 0 Å². The third-order valence-corrected chi connectivity index (χ3v) is 18.4. The van der Waals surface area contributed by atoms with E-state index in [2.05, 4.69) is 251 Å². The molecule has 0 amide bonds. The van der Waals surface area contributed by atoms with E-state index in [-0.39, 0.29) is 88.0 Å². The smallest absolute Gasteiger partial charge is 0.191 e. The second-order valence-corrected chi connectivity index (χ2v) is 47.6. The number of aliphatic hydroxyl groups excluding tert-OH is 3. The molecule has 6 rings (SSSR count). The first-order chi connectivity index (χ1) is 50.5. The number of unbranched alkanes of at least 4 members (excludes halogenated alkanes) is 1. The van der Waals surface area contributed by atoms with E-state index in [1.54, 1.807) is 7.11 Å². The molecule has 0 aromatic carbocycles. The Hall–Kier alpha value is -4.19. The fraction of sp³-hybridized carbons (Fsp3) is 0.824. The van der Waals surface area contributed by atoms with Gasteiger partial charge in [-0.05, 0) is 141 Å². The number of thiocarbonyl (C=S) groups is 1. The van der Waals surface area contributed by atoms with Crippen molar-refractivity contribution in [3.05, 3.63) is 48.2 Å². The van der Waals surface area contributed by atoms with Crippen LogP contribution in [-0.4, -0.2) is 175 Å². The fourth-order valence-electron chi connectivity index (χ4n) is 10.2. The number of aryl methyl sites for hydroxylation is 1. The zero-order valence-corrected chi connectivity index (χ0v) is 81.1. The third kappa shape index (κ3) is 67.4. The highest BCUT2D eigenvalue weighted by Crippen LogP contribution is 2.35. The van der Waals surface area contributed by atoms with Crippen LogP contribution in [0.1, 0.15) is 331 Å². The number of carbonyl (C=O) groups is 2. The lowest BCUT2D eigenvalue weighted by Gasteiger charge is -2.27. The van der Waals surface area contributed by atoms with Crippen molar-refractivity contribution in [3.63, 3.8) is 0 Å². The molecule has 3 atom stereocenters. The number of allylic oxidation sites excluding steroid dienone is 3. The number of ketones is 2. The average Bonchev–Trinajstić information content (AvgIpc) is 1.73. The van der Waals surface area contributed by atoms with Crippen LogP contribution in [-0.2, 0) is 54.9 Å². The number of aliphatic imine (C=N–C) groups is 5. The number of sulfone groups is 1. The van der Waals surface area contributed by atoms with Gasteiger partial charge in [0, 0.05) is 87.1 Å². The van der Waals surface area contributed by atoms with E-state index >= 15 is 0 Å². The standard InChI is InChI=1S/C13H22O3S.C11H22O2S.C11H20O2.C10H19NO2.C10H19NO.C10H19NS.2C9H17NO.C8H13FO/c1-13(2,3)12-9-8-11(16-12)7-5-6-10-17(4,14)15;1-10(2,3)5-9(14)6-11(4,7-12)8-13;1-11(2,3)8-6-5-7-10(12)9-13-4;1-9(2,3)5-8-11-10(4,6-12)7-13-8;2*1-9(2,3)6-8-11-10(4,5)7-12-8;2*1-7-6-11-8(10-7)5-9(2,3)4;1-6(9)7(10)5-8(2,3)4/h8-9H,5-7,10H2,1-4H3;12-13H,5-8H2,1-4H3;6,8H,5,7,9H2,1-4H3;12H,5-7H2,1-4H3;2*6-7H2,1-5H3;2*7H,5-6H2,1-4H3;1,5H2,2-4H3/b;;8-6+;;;;;;/t;;;;;;2*7-;/m......10./s1. The van der Waals surface area contributed by atoms with E-state index in [9.17, 15) is 22.4 Å². The van der Waals surface area contributed by atoms with Gasteiger partial charge in [0.1, 0.15) is 59.9 Å². The topological polar surface area (TPSA) is 250 Å². The van der Waals surface area contributed by atoms with Crippen LogP contribution in [0.3, 0.4) is 0 Å². The predicted octanol–water partition coefficient (Wildman–Crippen LogP) is 22.2. The van der Waals surface area contributed by atoms with Crippen molar-refractivity contribution in [3.8, 4) is 0 Å². The van der Waals surface area contributed by atoms with Crippen molar-refractivity contribution in [2.45, 2.75) is 360 Å². The second kappa shape index (κ2) is 49.4. The van der Waals surface area contributed by atoms with Gasteiger partial charge < -0.3 is 43.4 Å². The zero-order valence-electron chi connectivity index (χ0n) is 78.7. The molecule has 1 aromatic heterocycles. The number of methoxy groups -OCH3 is 1. The van der Waals surface area contributed by atoms with Gasteiger partial charge in [0.15, 0.2) is 41.0 Å². The number of thioether (sulfide) groups is 1. The van der Waals surface area contributed by atoms with Crippen LogP contribution < -0.4 is 0 Å². The molecule has 6 heterocycles. The zero-order chi connectivity index (χ0) is 89.1. The van der Waals surface area contributed by atoms with E-state index in [1.807, 2.05) is 58.5 Å². The molecule has 22 heteroatoms. The Balaban J connectivity index is -0.00000121. The highest BCUT2D eigenvalue weighted by Gasteiger charge is 2.34. The van der Waals surface area contributed by atoms with Crippen molar-refractivity contribution in [2.75, 3.05) is 77.7 Å². The maximum atomic E-state index is 12.1. The number of carbonyl (C=O) groups excluding carboxylic acids is 2. The Morgan fingerprint density at radius 1 is 0.611 bits per heavy atom. The molecule has 113 heavy (non-hydrogen) atoms. The van der Waals surface area contributed by atoms with Gasteiger partial charge in [0.05, 0.1) is 48.0 Å². The summed E-state index contributed by atoms with van der Waals surface area (Å²) in [4.78, 5) is 44.9. The lowest BCUT2D eigenvalue weighted by molar-refractivity contribution is -0.122. The summed E-state index contributed by atoms with van der Waals surface area (Å²) < 4.78 is 66.2. The van der Waals surface area contributed by atoms with Crippen molar-refractivity contribution >= 4 is 78.9 Å². The Morgan fingerprint density at radius 3 is 1.36 bits per heavy atom. The molecule has 5 aliphatic rings. The van der Waals surface area contributed by atoms with Crippen LogP contribution >= 0.6 is 24.0 Å². The van der Waals surface area contributed by atoms with Crippen molar-refractivity contribution in [1.29, 1.82) is 0 Å². The lowest BCUT2D eigenvalue weighted by Crippen LogP contribution is -2.29. The number of hydrogen-bond donors (Lipinski definition) is 3. The Bertz CT molecular complexity index is 3190. The average molecular weight is 1660 g/mol. The van der Waals surface area contributed by atoms with Gasteiger partial charge in [0.2, 0.25) is 0 Å². The summed E-state index contributed by atoms with van der Waals surface area (Å²) in [6, 6.07) is 4.73. The maximum absolute atomic E-state index is 12.1. The minimum absolute atomic E-state index is 0.000579.